The van der Waals surface area contributed by atoms with Crippen molar-refractivity contribution < 1.29 is 9.59 Å². The summed E-state index contributed by atoms with van der Waals surface area (Å²) in [5.41, 5.74) is 8.08. The van der Waals surface area contributed by atoms with Crippen LogP contribution in [0.5, 0.6) is 0 Å². The number of nitrogens with zero attached hydrogens (tertiary/aromatic N) is 2. The van der Waals surface area contributed by atoms with Gasteiger partial charge in [0.1, 0.15) is 6.54 Å². The zero-order chi connectivity index (χ0) is 18.8. The first-order valence-corrected chi connectivity index (χ1v) is 9.34. The van der Waals surface area contributed by atoms with Crippen LogP contribution in [0.2, 0.25) is 0 Å². The van der Waals surface area contributed by atoms with Crippen molar-refractivity contribution in [3.8, 4) is 0 Å². The maximum atomic E-state index is 13.0. The molecule has 0 aliphatic carbocycles. The minimum absolute atomic E-state index is 0.0882. The zero-order valence-electron chi connectivity index (χ0n) is 15.2. The molecule has 4 rings (SSSR count). The highest BCUT2D eigenvalue weighted by Crippen LogP contribution is 2.24. The normalized spacial score (nSPS) is 16.7. The van der Waals surface area contributed by atoms with Gasteiger partial charge < -0.3 is 15.2 Å². The fourth-order valence-electron chi connectivity index (χ4n) is 4.07. The topological polar surface area (TPSA) is 68.3 Å². The summed E-state index contributed by atoms with van der Waals surface area (Å²) in [6.07, 6.45) is 4.64. The van der Waals surface area contributed by atoms with Crippen molar-refractivity contribution in [3.63, 3.8) is 0 Å². The average molecular weight is 361 g/mol. The summed E-state index contributed by atoms with van der Waals surface area (Å²) < 4.78 is 1.84. The van der Waals surface area contributed by atoms with Crippen LogP contribution >= 0.6 is 0 Å². The maximum Gasteiger partial charge on any atom is 0.250 e. The van der Waals surface area contributed by atoms with E-state index in [-0.39, 0.29) is 18.5 Å². The lowest BCUT2D eigenvalue weighted by Crippen LogP contribution is -2.38. The Morgan fingerprint density at radius 1 is 1.04 bits per heavy atom. The van der Waals surface area contributed by atoms with Gasteiger partial charge in [0.2, 0.25) is 5.91 Å². The summed E-state index contributed by atoms with van der Waals surface area (Å²) in [4.78, 5) is 26.8. The minimum Gasteiger partial charge on any atom is -0.366 e. The molecule has 1 aliphatic rings. The molecule has 0 unspecified atom stereocenters. The van der Waals surface area contributed by atoms with Crippen molar-refractivity contribution >= 4 is 22.7 Å². The number of amides is 2. The number of carbonyl (C=O) groups excluding carboxylic acids is 2. The molecule has 2 aromatic carbocycles. The Hall–Kier alpha value is -3.08. The Balaban J connectivity index is 1.55. The number of likely N-dealkylation sites (tertiary alicyclic amines) is 1. The third kappa shape index (κ3) is 3.45. The van der Waals surface area contributed by atoms with Crippen LogP contribution < -0.4 is 5.73 Å². The van der Waals surface area contributed by atoms with Crippen LogP contribution in [0, 0.1) is 0 Å². The highest BCUT2D eigenvalue weighted by Gasteiger charge is 2.29. The molecule has 2 N–H and O–H groups in total. The third-order valence-corrected chi connectivity index (χ3v) is 5.37. The summed E-state index contributed by atoms with van der Waals surface area (Å²) in [5, 5.41) is 0.792. The van der Waals surface area contributed by atoms with Crippen LogP contribution in [0.4, 0.5) is 0 Å². The lowest BCUT2D eigenvalue weighted by molar-refractivity contribution is -0.132. The molecule has 1 aliphatic heterocycles. The summed E-state index contributed by atoms with van der Waals surface area (Å²) in [6.45, 7) is 1.01. The van der Waals surface area contributed by atoms with Crippen molar-refractivity contribution in [3.05, 3.63) is 71.9 Å². The first-order valence-electron chi connectivity index (χ1n) is 9.34. The number of nitrogens with two attached hydrogens (primary N) is 1. The minimum atomic E-state index is -0.472. The van der Waals surface area contributed by atoms with Crippen LogP contribution in [0.1, 0.15) is 28.8 Å². The summed E-state index contributed by atoms with van der Waals surface area (Å²) >= 11 is 0. The van der Waals surface area contributed by atoms with Gasteiger partial charge in [-0.1, -0.05) is 48.5 Å². The van der Waals surface area contributed by atoms with Crippen LogP contribution in [-0.2, 0) is 17.8 Å². The average Bonchev–Trinajstić information content (AvgIpc) is 3.28. The lowest BCUT2D eigenvalue weighted by atomic mass is 10.0. The second-order valence-corrected chi connectivity index (χ2v) is 7.12. The van der Waals surface area contributed by atoms with Gasteiger partial charge >= 0.3 is 0 Å². The Bertz CT molecular complexity index is 978. The maximum absolute atomic E-state index is 13.0. The lowest BCUT2D eigenvalue weighted by Gasteiger charge is -2.25. The van der Waals surface area contributed by atoms with E-state index >= 15 is 0 Å². The first-order chi connectivity index (χ1) is 13.1. The van der Waals surface area contributed by atoms with E-state index in [0.29, 0.717) is 5.56 Å². The molecule has 1 saturated heterocycles. The van der Waals surface area contributed by atoms with Gasteiger partial charge in [-0.3, -0.25) is 9.59 Å². The molecule has 3 aromatic rings. The molecule has 2 heterocycles. The van der Waals surface area contributed by atoms with Crippen molar-refractivity contribution in [2.45, 2.75) is 31.8 Å². The number of aromatic nitrogens is 1. The molecule has 1 atom stereocenters. The van der Waals surface area contributed by atoms with Crippen molar-refractivity contribution in [1.82, 2.24) is 9.47 Å². The summed E-state index contributed by atoms with van der Waals surface area (Å²) in [5.74, 6) is -0.384. The van der Waals surface area contributed by atoms with E-state index in [1.807, 2.05) is 51.9 Å². The third-order valence-electron chi connectivity index (χ3n) is 5.37. The molecule has 5 heteroatoms. The van der Waals surface area contributed by atoms with Gasteiger partial charge in [-0.2, -0.15) is 0 Å². The van der Waals surface area contributed by atoms with Gasteiger partial charge in [-0.25, -0.2) is 0 Å². The Labute approximate surface area is 158 Å². The Morgan fingerprint density at radius 2 is 1.78 bits per heavy atom. The number of hydrogen-bond acceptors (Lipinski definition) is 2. The Kier molecular flexibility index (Phi) is 4.67. The molecular weight excluding hydrogens is 338 g/mol. The van der Waals surface area contributed by atoms with E-state index < -0.39 is 5.91 Å². The molecule has 0 spiro atoms. The Morgan fingerprint density at radius 3 is 2.56 bits per heavy atom. The van der Waals surface area contributed by atoms with Crippen molar-refractivity contribution in [2.75, 3.05) is 6.54 Å². The number of fused-ring (bicyclic) bond motifs is 1. The molecule has 27 heavy (non-hydrogen) atoms. The van der Waals surface area contributed by atoms with Crippen LogP contribution in [-0.4, -0.2) is 33.9 Å². The highest BCUT2D eigenvalue weighted by atomic mass is 16.2. The number of hydrogen-bond donors (Lipinski definition) is 1. The van der Waals surface area contributed by atoms with E-state index in [2.05, 4.69) is 12.1 Å². The van der Waals surface area contributed by atoms with Crippen molar-refractivity contribution in [1.29, 1.82) is 0 Å². The molecule has 0 radical (unpaired) electrons. The fraction of sp³-hybridized carbons (Fsp3) is 0.273. The molecule has 138 valence electrons. The van der Waals surface area contributed by atoms with E-state index in [4.69, 9.17) is 5.73 Å². The van der Waals surface area contributed by atoms with Gasteiger partial charge in [0.15, 0.2) is 0 Å². The second-order valence-electron chi connectivity index (χ2n) is 7.12. The molecule has 2 amide bonds. The van der Waals surface area contributed by atoms with E-state index in [0.717, 1.165) is 36.7 Å². The molecule has 0 bridgehead atoms. The second kappa shape index (κ2) is 7.27. The largest absolute Gasteiger partial charge is 0.366 e. The zero-order valence-corrected chi connectivity index (χ0v) is 15.2. The van der Waals surface area contributed by atoms with Gasteiger partial charge in [0.05, 0.1) is 5.56 Å². The first kappa shape index (κ1) is 17.3. The molecule has 1 aromatic heterocycles. The predicted molar refractivity (Wildman–Crippen MR) is 105 cm³/mol. The predicted octanol–water partition coefficient (Wildman–Crippen LogP) is 2.97. The smallest absolute Gasteiger partial charge is 0.250 e. The number of para-hydroxylation sites is 1. The van der Waals surface area contributed by atoms with E-state index in [1.54, 1.807) is 6.20 Å². The van der Waals surface area contributed by atoms with Crippen LogP contribution in [0.25, 0.3) is 10.9 Å². The van der Waals surface area contributed by atoms with Gasteiger partial charge in [-0.05, 0) is 30.9 Å². The molecule has 5 nitrogen and oxygen atoms in total. The summed E-state index contributed by atoms with van der Waals surface area (Å²) in [6, 6.07) is 18.1. The number of benzene rings is 2. The van der Waals surface area contributed by atoms with Gasteiger partial charge in [0, 0.05) is 29.7 Å². The van der Waals surface area contributed by atoms with E-state index in [1.165, 1.54) is 5.56 Å². The molecule has 1 fully saturated rings. The molecular formula is C22H23N3O2. The summed E-state index contributed by atoms with van der Waals surface area (Å²) in [7, 11) is 0. The van der Waals surface area contributed by atoms with E-state index in [9.17, 15) is 9.59 Å². The van der Waals surface area contributed by atoms with Gasteiger partial charge in [0.25, 0.3) is 5.91 Å². The number of rotatable bonds is 5. The van der Waals surface area contributed by atoms with Crippen LogP contribution in [0.3, 0.4) is 0 Å². The van der Waals surface area contributed by atoms with Gasteiger partial charge in [-0.15, -0.1) is 0 Å². The quantitative estimate of drug-likeness (QED) is 0.759. The van der Waals surface area contributed by atoms with Crippen molar-refractivity contribution in [2.24, 2.45) is 5.73 Å². The standard InChI is InChI=1S/C22H23N3O2/c23-22(27)19-14-24(20-11-5-4-10-18(19)20)15-21(26)25-12-6-9-17(25)13-16-7-2-1-3-8-16/h1-5,7-8,10-11,14,17H,6,9,12-13,15H2,(H2,23,27)/t17-/m1/s1. The molecule has 0 saturated carbocycles. The highest BCUT2D eigenvalue weighted by molar-refractivity contribution is 6.06. The number of primary amides is 1. The monoisotopic (exact) mass is 361 g/mol. The SMILES string of the molecule is NC(=O)c1cn(CC(=O)N2CCC[C@@H]2Cc2ccccc2)c2ccccc12. The van der Waals surface area contributed by atoms with Crippen LogP contribution in [0.15, 0.2) is 60.8 Å². The fourth-order valence-corrected chi connectivity index (χ4v) is 4.07. The number of carbonyl (C=O) groups is 2.